The fourth-order valence-corrected chi connectivity index (χ4v) is 1.99. The van der Waals surface area contributed by atoms with Crippen molar-refractivity contribution in [2.75, 3.05) is 18.0 Å². The first-order valence-electron chi connectivity index (χ1n) is 5.27. The van der Waals surface area contributed by atoms with Crippen LogP contribution in [0.5, 0.6) is 0 Å². The Bertz CT molecular complexity index is 339. The zero-order valence-electron chi connectivity index (χ0n) is 8.84. The van der Waals surface area contributed by atoms with E-state index in [-0.39, 0.29) is 12.8 Å². The van der Waals surface area contributed by atoms with Crippen LogP contribution in [-0.2, 0) is 0 Å². The van der Waals surface area contributed by atoms with Gasteiger partial charge in [0.25, 0.3) is 5.92 Å². The lowest BCUT2D eigenvalue weighted by Crippen LogP contribution is -2.39. The van der Waals surface area contributed by atoms with Crippen LogP contribution >= 0.6 is 0 Å². The molecule has 0 aromatic heterocycles. The van der Waals surface area contributed by atoms with Gasteiger partial charge in [-0.1, -0.05) is 18.2 Å². The van der Waals surface area contributed by atoms with E-state index in [1.54, 1.807) is 0 Å². The van der Waals surface area contributed by atoms with Crippen molar-refractivity contribution in [2.24, 2.45) is 0 Å². The minimum atomic E-state index is -2.46. The molecule has 1 aromatic rings. The molecular weight excluding hydrogens is 196 g/mol. The van der Waals surface area contributed by atoms with Gasteiger partial charge in [0.05, 0.1) is 0 Å². The quantitative estimate of drug-likeness (QED) is 0.689. The van der Waals surface area contributed by atoms with E-state index in [1.807, 2.05) is 36.1 Å². The van der Waals surface area contributed by atoms with Gasteiger partial charge < -0.3 is 4.90 Å². The van der Waals surface area contributed by atoms with Crippen molar-refractivity contribution >= 4 is 5.69 Å². The molecule has 0 atom stereocenters. The minimum Gasteiger partial charge on any atom is -0.371 e. The molecule has 0 N–H and O–H groups in total. The highest BCUT2D eigenvalue weighted by atomic mass is 19.3. The van der Waals surface area contributed by atoms with Crippen molar-refractivity contribution in [3.63, 3.8) is 0 Å². The number of hydrogen-bond acceptors (Lipinski definition) is 1. The fraction of sp³-hybridized carbons (Fsp3) is 0.500. The molecule has 1 nitrogen and oxygen atoms in total. The molecule has 0 amide bonds. The van der Waals surface area contributed by atoms with Gasteiger partial charge in [0.2, 0.25) is 0 Å². The summed E-state index contributed by atoms with van der Waals surface area (Å²) in [6, 6.07) is 7.94. The number of nitrogens with zero attached hydrogens (tertiary/aromatic N) is 1. The lowest BCUT2D eigenvalue weighted by molar-refractivity contribution is -0.0220. The monoisotopic (exact) mass is 211 g/mol. The first-order valence-corrected chi connectivity index (χ1v) is 5.27. The molecule has 82 valence electrons. The zero-order valence-corrected chi connectivity index (χ0v) is 8.84. The summed E-state index contributed by atoms with van der Waals surface area (Å²) in [6.07, 6.45) is -0.0529. The Balaban J connectivity index is 2.11. The van der Waals surface area contributed by atoms with Crippen LogP contribution in [0.3, 0.4) is 0 Å². The molecule has 1 fully saturated rings. The molecule has 3 heteroatoms. The summed E-state index contributed by atoms with van der Waals surface area (Å²) in [6.45, 7) is 2.93. The van der Waals surface area contributed by atoms with Crippen LogP contribution in [0.4, 0.5) is 14.5 Å². The lowest BCUT2D eigenvalue weighted by atomic mass is 10.0. The number of aryl methyl sites for hydroxylation is 1. The Kier molecular flexibility index (Phi) is 2.63. The van der Waals surface area contributed by atoms with E-state index in [0.29, 0.717) is 13.1 Å². The summed E-state index contributed by atoms with van der Waals surface area (Å²) in [5.41, 5.74) is 2.25. The number of piperidine rings is 1. The molecule has 0 saturated carbocycles. The van der Waals surface area contributed by atoms with Gasteiger partial charge in [0.15, 0.2) is 0 Å². The van der Waals surface area contributed by atoms with Crippen LogP contribution in [0.1, 0.15) is 18.4 Å². The highest BCUT2D eigenvalue weighted by Crippen LogP contribution is 2.31. The molecule has 0 bridgehead atoms. The van der Waals surface area contributed by atoms with E-state index < -0.39 is 5.92 Å². The highest BCUT2D eigenvalue weighted by Gasteiger charge is 2.34. The van der Waals surface area contributed by atoms with Gasteiger partial charge in [0.1, 0.15) is 0 Å². The SMILES string of the molecule is Cc1ccccc1N1CCC(F)(F)CC1. The van der Waals surface area contributed by atoms with Gasteiger partial charge in [0, 0.05) is 31.6 Å². The molecule has 1 aliphatic heterocycles. The van der Waals surface area contributed by atoms with Crippen LogP contribution in [-0.4, -0.2) is 19.0 Å². The maximum Gasteiger partial charge on any atom is 0.251 e. The summed E-state index contributed by atoms with van der Waals surface area (Å²) in [7, 11) is 0. The molecule has 1 heterocycles. The van der Waals surface area contributed by atoms with Crippen molar-refractivity contribution in [3.05, 3.63) is 29.8 Å². The third-order valence-electron chi connectivity index (χ3n) is 2.95. The largest absolute Gasteiger partial charge is 0.371 e. The normalized spacial score (nSPS) is 20.3. The van der Waals surface area contributed by atoms with Gasteiger partial charge >= 0.3 is 0 Å². The maximum absolute atomic E-state index is 13.0. The van der Waals surface area contributed by atoms with E-state index in [9.17, 15) is 8.78 Å². The van der Waals surface area contributed by atoms with Gasteiger partial charge in [-0.25, -0.2) is 8.78 Å². The van der Waals surface area contributed by atoms with Crippen molar-refractivity contribution in [3.8, 4) is 0 Å². The molecule has 15 heavy (non-hydrogen) atoms. The Morgan fingerprint density at radius 1 is 1.13 bits per heavy atom. The van der Waals surface area contributed by atoms with Crippen molar-refractivity contribution in [1.82, 2.24) is 0 Å². The summed E-state index contributed by atoms with van der Waals surface area (Å²) in [4.78, 5) is 2.05. The maximum atomic E-state index is 13.0. The van der Waals surface area contributed by atoms with Crippen LogP contribution in [0.2, 0.25) is 0 Å². The molecule has 1 saturated heterocycles. The van der Waals surface area contributed by atoms with Gasteiger partial charge in [-0.3, -0.25) is 0 Å². The number of hydrogen-bond donors (Lipinski definition) is 0. The number of benzene rings is 1. The first-order chi connectivity index (χ1) is 7.08. The predicted octanol–water partition coefficient (Wildman–Crippen LogP) is 3.23. The van der Waals surface area contributed by atoms with E-state index >= 15 is 0 Å². The van der Waals surface area contributed by atoms with Crippen LogP contribution in [0.15, 0.2) is 24.3 Å². The van der Waals surface area contributed by atoms with E-state index in [2.05, 4.69) is 0 Å². The summed E-state index contributed by atoms with van der Waals surface area (Å²) >= 11 is 0. The smallest absolute Gasteiger partial charge is 0.251 e. The molecular formula is C12H15F2N. The van der Waals surface area contributed by atoms with Crippen molar-refractivity contribution in [2.45, 2.75) is 25.7 Å². The summed E-state index contributed by atoms with van der Waals surface area (Å²) in [5.74, 6) is -2.46. The van der Waals surface area contributed by atoms with E-state index in [4.69, 9.17) is 0 Å². The van der Waals surface area contributed by atoms with E-state index in [1.165, 1.54) is 0 Å². The second-order valence-corrected chi connectivity index (χ2v) is 4.13. The summed E-state index contributed by atoms with van der Waals surface area (Å²) in [5, 5.41) is 0. The van der Waals surface area contributed by atoms with Gasteiger partial charge in [-0.15, -0.1) is 0 Å². The average molecular weight is 211 g/mol. The number of anilines is 1. The Labute approximate surface area is 88.7 Å². The lowest BCUT2D eigenvalue weighted by Gasteiger charge is -2.34. The number of para-hydroxylation sites is 1. The fourth-order valence-electron chi connectivity index (χ4n) is 1.99. The third kappa shape index (κ3) is 2.28. The first kappa shape index (κ1) is 10.4. The minimum absolute atomic E-state index is 0.0265. The Hall–Kier alpha value is -1.12. The molecule has 0 radical (unpaired) electrons. The Morgan fingerprint density at radius 2 is 1.73 bits per heavy atom. The Morgan fingerprint density at radius 3 is 2.33 bits per heavy atom. The molecule has 0 aliphatic carbocycles. The average Bonchev–Trinajstić information content (AvgIpc) is 2.19. The zero-order chi connectivity index (χ0) is 10.9. The van der Waals surface area contributed by atoms with E-state index in [0.717, 1.165) is 11.3 Å². The summed E-state index contributed by atoms with van der Waals surface area (Å²) < 4.78 is 25.9. The second-order valence-electron chi connectivity index (χ2n) is 4.13. The topological polar surface area (TPSA) is 3.24 Å². The number of alkyl halides is 2. The van der Waals surface area contributed by atoms with Gasteiger partial charge in [-0.05, 0) is 18.6 Å². The van der Waals surface area contributed by atoms with Crippen molar-refractivity contribution < 1.29 is 8.78 Å². The van der Waals surface area contributed by atoms with Gasteiger partial charge in [-0.2, -0.15) is 0 Å². The molecule has 1 aliphatic rings. The molecule has 0 spiro atoms. The predicted molar refractivity (Wildman–Crippen MR) is 57.6 cm³/mol. The molecule has 2 rings (SSSR count). The van der Waals surface area contributed by atoms with Crippen LogP contribution in [0.25, 0.3) is 0 Å². The molecule has 1 aromatic carbocycles. The van der Waals surface area contributed by atoms with Crippen LogP contribution in [0, 0.1) is 6.92 Å². The van der Waals surface area contributed by atoms with Crippen molar-refractivity contribution in [1.29, 1.82) is 0 Å². The third-order valence-corrected chi connectivity index (χ3v) is 2.95. The second kappa shape index (κ2) is 3.80. The van der Waals surface area contributed by atoms with Crippen LogP contribution < -0.4 is 4.90 Å². The highest BCUT2D eigenvalue weighted by molar-refractivity contribution is 5.53. The number of halogens is 2. The molecule has 0 unspecified atom stereocenters. The number of rotatable bonds is 1. The standard InChI is InChI=1S/C12H15F2N/c1-10-4-2-3-5-11(10)15-8-6-12(13,14)7-9-15/h2-5H,6-9H2,1H3.